The summed E-state index contributed by atoms with van der Waals surface area (Å²) in [5, 5.41) is 0. The normalized spacial score (nSPS) is 35.5. The highest BCUT2D eigenvalue weighted by Gasteiger charge is 2.45. The third-order valence-corrected chi connectivity index (χ3v) is 4.03. The third-order valence-electron chi connectivity index (χ3n) is 4.03. The Morgan fingerprint density at radius 2 is 1.50 bits per heavy atom. The van der Waals surface area contributed by atoms with E-state index in [9.17, 15) is 0 Å². The van der Waals surface area contributed by atoms with E-state index in [0.29, 0.717) is 5.41 Å². The van der Waals surface area contributed by atoms with Gasteiger partial charge in [0, 0.05) is 5.41 Å². The van der Waals surface area contributed by atoms with E-state index in [1.807, 2.05) is 0 Å². The first-order valence-corrected chi connectivity index (χ1v) is 4.91. The molecule has 2 heteroatoms. The van der Waals surface area contributed by atoms with Crippen LogP contribution < -0.4 is 11.5 Å². The fraction of sp³-hybridized carbons (Fsp3) is 1.00. The molecule has 0 amide bonds. The Balaban J connectivity index is 2.84. The van der Waals surface area contributed by atoms with Crippen LogP contribution in [-0.4, -0.2) is 6.17 Å². The zero-order valence-electron chi connectivity index (χ0n) is 8.56. The van der Waals surface area contributed by atoms with Crippen molar-refractivity contribution in [2.75, 3.05) is 0 Å². The number of hydrogen-bond acceptors (Lipinski definition) is 2. The topological polar surface area (TPSA) is 52.0 Å². The summed E-state index contributed by atoms with van der Waals surface area (Å²) in [5.74, 6) is 0. The molecule has 1 rings (SSSR count). The first kappa shape index (κ1) is 10.0. The van der Waals surface area contributed by atoms with Gasteiger partial charge >= 0.3 is 0 Å². The van der Waals surface area contributed by atoms with Crippen LogP contribution in [-0.2, 0) is 0 Å². The fourth-order valence-electron chi connectivity index (χ4n) is 2.30. The van der Waals surface area contributed by atoms with E-state index in [1.165, 1.54) is 25.7 Å². The van der Waals surface area contributed by atoms with Gasteiger partial charge in [0.05, 0.1) is 6.17 Å². The van der Waals surface area contributed by atoms with Crippen LogP contribution in [0.4, 0.5) is 0 Å². The van der Waals surface area contributed by atoms with E-state index in [4.69, 9.17) is 11.5 Å². The van der Waals surface area contributed by atoms with Crippen molar-refractivity contribution in [3.05, 3.63) is 0 Å². The van der Waals surface area contributed by atoms with Crippen LogP contribution in [0.3, 0.4) is 0 Å². The molecular weight excluding hydrogens is 148 g/mol. The van der Waals surface area contributed by atoms with Gasteiger partial charge in [-0.15, -0.1) is 0 Å². The second-order valence-electron chi connectivity index (χ2n) is 5.03. The van der Waals surface area contributed by atoms with Crippen molar-refractivity contribution >= 4 is 0 Å². The molecule has 1 unspecified atom stereocenters. The predicted molar refractivity (Wildman–Crippen MR) is 52.5 cm³/mol. The summed E-state index contributed by atoms with van der Waals surface area (Å²) >= 11 is 0. The van der Waals surface area contributed by atoms with Gasteiger partial charge in [-0.1, -0.05) is 33.6 Å². The lowest BCUT2D eigenvalue weighted by Crippen LogP contribution is -2.55. The van der Waals surface area contributed by atoms with E-state index in [1.54, 1.807) is 0 Å². The molecule has 1 aliphatic rings. The molecule has 0 aliphatic heterocycles. The summed E-state index contributed by atoms with van der Waals surface area (Å²) < 4.78 is 0. The first-order valence-electron chi connectivity index (χ1n) is 4.91. The zero-order chi connectivity index (χ0) is 9.41. The molecule has 2 nitrogen and oxygen atoms in total. The van der Waals surface area contributed by atoms with E-state index in [0.717, 1.165) is 0 Å². The maximum absolute atomic E-state index is 5.85. The van der Waals surface area contributed by atoms with Gasteiger partial charge in [-0.2, -0.15) is 0 Å². The SMILES string of the molecule is CC1(C)CCCCC1(C)C(N)N. The summed E-state index contributed by atoms with van der Waals surface area (Å²) in [7, 11) is 0. The van der Waals surface area contributed by atoms with Gasteiger partial charge in [0.1, 0.15) is 0 Å². The van der Waals surface area contributed by atoms with E-state index in [2.05, 4.69) is 20.8 Å². The molecule has 0 saturated heterocycles. The largest absolute Gasteiger partial charge is 0.316 e. The van der Waals surface area contributed by atoms with Crippen LogP contribution in [0.25, 0.3) is 0 Å². The molecule has 0 heterocycles. The summed E-state index contributed by atoms with van der Waals surface area (Å²) in [5.41, 5.74) is 12.1. The first-order chi connectivity index (χ1) is 5.40. The molecule has 1 fully saturated rings. The second kappa shape index (κ2) is 3.00. The summed E-state index contributed by atoms with van der Waals surface area (Å²) in [6.07, 6.45) is 4.87. The Morgan fingerprint density at radius 3 is 1.83 bits per heavy atom. The molecule has 12 heavy (non-hydrogen) atoms. The van der Waals surface area contributed by atoms with Crippen molar-refractivity contribution in [2.45, 2.75) is 52.6 Å². The van der Waals surface area contributed by atoms with Crippen LogP contribution in [0.2, 0.25) is 0 Å². The zero-order valence-corrected chi connectivity index (χ0v) is 8.56. The lowest BCUT2D eigenvalue weighted by atomic mass is 9.57. The summed E-state index contributed by atoms with van der Waals surface area (Å²) in [6, 6.07) is 0. The van der Waals surface area contributed by atoms with Crippen LogP contribution in [0.1, 0.15) is 46.5 Å². The molecule has 1 aliphatic carbocycles. The van der Waals surface area contributed by atoms with Crippen molar-refractivity contribution in [2.24, 2.45) is 22.3 Å². The Kier molecular flexibility index (Phi) is 2.50. The maximum atomic E-state index is 5.85. The minimum atomic E-state index is -0.173. The lowest BCUT2D eigenvalue weighted by molar-refractivity contribution is 0.0102. The van der Waals surface area contributed by atoms with Crippen molar-refractivity contribution in [1.82, 2.24) is 0 Å². The third kappa shape index (κ3) is 1.38. The molecule has 0 bridgehead atoms. The molecule has 0 aromatic rings. The number of nitrogens with two attached hydrogens (primary N) is 2. The minimum Gasteiger partial charge on any atom is -0.316 e. The van der Waals surface area contributed by atoms with Gasteiger partial charge in [0.25, 0.3) is 0 Å². The monoisotopic (exact) mass is 170 g/mol. The predicted octanol–water partition coefficient (Wildman–Crippen LogP) is 1.84. The van der Waals surface area contributed by atoms with Gasteiger partial charge in [0.2, 0.25) is 0 Å². The van der Waals surface area contributed by atoms with Gasteiger partial charge in [-0.3, -0.25) is 0 Å². The second-order valence-corrected chi connectivity index (χ2v) is 5.03. The maximum Gasteiger partial charge on any atom is 0.0581 e. The molecule has 0 radical (unpaired) electrons. The fourth-order valence-corrected chi connectivity index (χ4v) is 2.30. The Hall–Kier alpha value is -0.0800. The molecular formula is C10H22N2. The highest BCUT2D eigenvalue weighted by molar-refractivity contribution is 4.96. The van der Waals surface area contributed by atoms with E-state index < -0.39 is 0 Å². The number of rotatable bonds is 1. The molecule has 0 aromatic heterocycles. The minimum absolute atomic E-state index is 0.130. The smallest absolute Gasteiger partial charge is 0.0581 e. The lowest BCUT2D eigenvalue weighted by Gasteiger charge is -2.50. The van der Waals surface area contributed by atoms with E-state index in [-0.39, 0.29) is 11.6 Å². The van der Waals surface area contributed by atoms with Gasteiger partial charge < -0.3 is 11.5 Å². The van der Waals surface area contributed by atoms with Crippen LogP contribution >= 0.6 is 0 Å². The van der Waals surface area contributed by atoms with Crippen LogP contribution in [0.5, 0.6) is 0 Å². The Bertz CT molecular complexity index is 163. The Labute approximate surface area is 75.7 Å². The molecule has 72 valence electrons. The van der Waals surface area contributed by atoms with Gasteiger partial charge in [0.15, 0.2) is 0 Å². The average Bonchev–Trinajstić information content (AvgIpc) is 1.95. The standard InChI is InChI=1S/C10H22N2/c1-9(2)6-4-5-7-10(9,3)8(11)12/h8H,4-7,11-12H2,1-3H3. The molecule has 1 atom stereocenters. The Morgan fingerprint density at radius 1 is 1.00 bits per heavy atom. The average molecular weight is 170 g/mol. The molecule has 4 N–H and O–H groups in total. The summed E-state index contributed by atoms with van der Waals surface area (Å²) in [4.78, 5) is 0. The van der Waals surface area contributed by atoms with Crippen LogP contribution in [0.15, 0.2) is 0 Å². The molecule has 0 spiro atoms. The quantitative estimate of drug-likeness (QED) is 0.590. The molecule has 0 aromatic carbocycles. The van der Waals surface area contributed by atoms with E-state index >= 15 is 0 Å². The van der Waals surface area contributed by atoms with Crippen molar-refractivity contribution < 1.29 is 0 Å². The molecule has 1 saturated carbocycles. The van der Waals surface area contributed by atoms with Crippen LogP contribution in [0, 0.1) is 10.8 Å². The highest BCUT2D eigenvalue weighted by atomic mass is 14.9. The van der Waals surface area contributed by atoms with Gasteiger partial charge in [-0.05, 0) is 18.3 Å². The van der Waals surface area contributed by atoms with Crippen molar-refractivity contribution in [1.29, 1.82) is 0 Å². The van der Waals surface area contributed by atoms with Gasteiger partial charge in [-0.25, -0.2) is 0 Å². The highest BCUT2D eigenvalue weighted by Crippen LogP contribution is 2.50. The number of hydrogen-bond donors (Lipinski definition) is 2. The summed E-state index contributed by atoms with van der Waals surface area (Å²) in [6.45, 7) is 6.81. The van der Waals surface area contributed by atoms with Crippen molar-refractivity contribution in [3.8, 4) is 0 Å². The van der Waals surface area contributed by atoms with Crippen molar-refractivity contribution in [3.63, 3.8) is 0 Å².